The summed E-state index contributed by atoms with van der Waals surface area (Å²) in [4.78, 5) is 11.5. The number of hydrogen-bond donors (Lipinski definition) is 1. The predicted molar refractivity (Wildman–Crippen MR) is 67.7 cm³/mol. The summed E-state index contributed by atoms with van der Waals surface area (Å²) in [5.74, 6) is 1.29. The Hall–Kier alpha value is -1.71. The molecule has 4 heteroatoms. The first-order chi connectivity index (χ1) is 8.21. The Morgan fingerprint density at radius 2 is 1.94 bits per heavy atom. The minimum Gasteiger partial charge on any atom is -0.493 e. The fourth-order valence-electron chi connectivity index (χ4n) is 1.47. The third-order valence-electron chi connectivity index (χ3n) is 2.42. The molecule has 0 aliphatic rings. The predicted octanol–water partition coefficient (Wildman–Crippen LogP) is 2.83. The van der Waals surface area contributed by atoms with Crippen LogP contribution in [0.3, 0.4) is 0 Å². The molecule has 0 saturated heterocycles. The van der Waals surface area contributed by atoms with E-state index >= 15 is 0 Å². The van der Waals surface area contributed by atoms with Gasteiger partial charge in [0.2, 0.25) is 5.91 Å². The van der Waals surface area contributed by atoms with Crippen molar-refractivity contribution in [2.45, 2.75) is 26.2 Å². The second kappa shape index (κ2) is 6.78. The molecule has 1 rings (SSSR count). The van der Waals surface area contributed by atoms with Crippen LogP contribution in [0.2, 0.25) is 0 Å². The van der Waals surface area contributed by atoms with Crippen LogP contribution in [0.25, 0.3) is 0 Å². The minimum atomic E-state index is 0.0269. The van der Waals surface area contributed by atoms with E-state index in [2.05, 4.69) is 12.2 Å². The van der Waals surface area contributed by atoms with Gasteiger partial charge in [-0.05, 0) is 18.6 Å². The van der Waals surface area contributed by atoms with Crippen LogP contribution < -0.4 is 14.8 Å². The maximum absolute atomic E-state index is 11.5. The van der Waals surface area contributed by atoms with Crippen molar-refractivity contribution in [3.8, 4) is 11.5 Å². The van der Waals surface area contributed by atoms with Crippen molar-refractivity contribution >= 4 is 11.6 Å². The van der Waals surface area contributed by atoms with Crippen LogP contribution in [0.15, 0.2) is 18.2 Å². The second-order valence-electron chi connectivity index (χ2n) is 3.72. The van der Waals surface area contributed by atoms with Gasteiger partial charge in [-0.25, -0.2) is 0 Å². The van der Waals surface area contributed by atoms with E-state index in [0.717, 1.165) is 18.5 Å². The lowest BCUT2D eigenvalue weighted by atomic mass is 10.2. The Morgan fingerprint density at radius 1 is 1.24 bits per heavy atom. The summed E-state index contributed by atoms with van der Waals surface area (Å²) in [6.07, 6.45) is 2.46. The number of methoxy groups -OCH3 is 2. The van der Waals surface area contributed by atoms with Crippen LogP contribution in [-0.2, 0) is 4.79 Å². The number of rotatable bonds is 6. The molecule has 0 saturated carbocycles. The highest BCUT2D eigenvalue weighted by atomic mass is 16.5. The summed E-state index contributed by atoms with van der Waals surface area (Å²) < 4.78 is 10.3. The van der Waals surface area contributed by atoms with E-state index in [4.69, 9.17) is 9.47 Å². The summed E-state index contributed by atoms with van der Waals surface area (Å²) in [7, 11) is 3.15. The van der Waals surface area contributed by atoms with E-state index in [-0.39, 0.29) is 5.91 Å². The van der Waals surface area contributed by atoms with Gasteiger partial charge in [-0.15, -0.1) is 0 Å². The number of amides is 1. The zero-order valence-corrected chi connectivity index (χ0v) is 10.6. The molecule has 17 heavy (non-hydrogen) atoms. The van der Waals surface area contributed by atoms with Gasteiger partial charge in [0.05, 0.1) is 14.2 Å². The molecule has 0 bridgehead atoms. The number of anilines is 1. The lowest BCUT2D eigenvalue weighted by Crippen LogP contribution is -2.11. The summed E-state index contributed by atoms with van der Waals surface area (Å²) in [6, 6.07) is 5.32. The first kappa shape index (κ1) is 13.4. The van der Waals surface area contributed by atoms with Crippen molar-refractivity contribution in [2.24, 2.45) is 0 Å². The van der Waals surface area contributed by atoms with Gasteiger partial charge in [0.25, 0.3) is 0 Å². The molecule has 0 aliphatic carbocycles. The molecular formula is C13H19NO3. The maximum Gasteiger partial charge on any atom is 0.224 e. The molecule has 1 aromatic carbocycles. The van der Waals surface area contributed by atoms with Gasteiger partial charge in [-0.3, -0.25) is 4.79 Å². The van der Waals surface area contributed by atoms with E-state index in [9.17, 15) is 4.79 Å². The monoisotopic (exact) mass is 237 g/mol. The van der Waals surface area contributed by atoms with E-state index in [1.54, 1.807) is 32.4 Å². The first-order valence-corrected chi connectivity index (χ1v) is 5.73. The van der Waals surface area contributed by atoms with Crippen LogP contribution >= 0.6 is 0 Å². The van der Waals surface area contributed by atoms with E-state index < -0.39 is 0 Å². The third kappa shape index (κ3) is 3.98. The van der Waals surface area contributed by atoms with Gasteiger partial charge in [0.15, 0.2) is 11.5 Å². The van der Waals surface area contributed by atoms with Crippen LogP contribution in [0.1, 0.15) is 26.2 Å². The number of carbonyl (C=O) groups excluding carboxylic acids is 1. The fraction of sp³-hybridized carbons (Fsp3) is 0.462. The Bertz CT molecular complexity index is 377. The molecule has 0 unspecified atom stereocenters. The second-order valence-corrected chi connectivity index (χ2v) is 3.72. The quantitative estimate of drug-likeness (QED) is 0.827. The Balaban J connectivity index is 2.68. The molecule has 0 aromatic heterocycles. The average molecular weight is 237 g/mol. The lowest BCUT2D eigenvalue weighted by Gasteiger charge is -2.10. The number of unbranched alkanes of at least 4 members (excludes halogenated alkanes) is 1. The molecule has 0 aliphatic heterocycles. The van der Waals surface area contributed by atoms with Crippen molar-refractivity contribution in [1.29, 1.82) is 0 Å². The van der Waals surface area contributed by atoms with Gasteiger partial charge >= 0.3 is 0 Å². The number of ether oxygens (including phenoxy) is 2. The first-order valence-electron chi connectivity index (χ1n) is 5.73. The van der Waals surface area contributed by atoms with Gasteiger partial charge in [0, 0.05) is 18.2 Å². The van der Waals surface area contributed by atoms with Gasteiger partial charge < -0.3 is 14.8 Å². The molecular weight excluding hydrogens is 218 g/mol. The van der Waals surface area contributed by atoms with Gasteiger partial charge in [-0.1, -0.05) is 13.3 Å². The van der Waals surface area contributed by atoms with Gasteiger partial charge in [0.1, 0.15) is 0 Å². The largest absolute Gasteiger partial charge is 0.493 e. The molecule has 94 valence electrons. The highest BCUT2D eigenvalue weighted by Crippen LogP contribution is 2.29. The van der Waals surface area contributed by atoms with Crippen LogP contribution in [0, 0.1) is 0 Å². The van der Waals surface area contributed by atoms with Crippen LogP contribution in [-0.4, -0.2) is 20.1 Å². The van der Waals surface area contributed by atoms with Crippen molar-refractivity contribution in [3.05, 3.63) is 18.2 Å². The highest BCUT2D eigenvalue weighted by Gasteiger charge is 2.06. The summed E-state index contributed by atoms with van der Waals surface area (Å²) >= 11 is 0. The number of hydrogen-bond acceptors (Lipinski definition) is 3. The molecule has 0 spiro atoms. The summed E-state index contributed by atoms with van der Waals surface area (Å²) in [5.41, 5.74) is 0.726. The zero-order chi connectivity index (χ0) is 12.7. The fourth-order valence-corrected chi connectivity index (χ4v) is 1.47. The molecule has 0 fully saturated rings. The van der Waals surface area contributed by atoms with Crippen molar-refractivity contribution in [1.82, 2.24) is 0 Å². The molecule has 1 aromatic rings. The molecule has 0 atom stereocenters. The molecule has 0 radical (unpaired) electrons. The smallest absolute Gasteiger partial charge is 0.224 e. The SMILES string of the molecule is CCCCC(=O)Nc1ccc(OC)c(OC)c1. The lowest BCUT2D eigenvalue weighted by molar-refractivity contribution is -0.116. The average Bonchev–Trinajstić information content (AvgIpc) is 2.36. The molecule has 4 nitrogen and oxygen atoms in total. The minimum absolute atomic E-state index is 0.0269. The van der Waals surface area contributed by atoms with E-state index in [1.807, 2.05) is 0 Å². The number of nitrogens with one attached hydrogen (secondary N) is 1. The highest BCUT2D eigenvalue weighted by molar-refractivity contribution is 5.91. The van der Waals surface area contributed by atoms with Crippen LogP contribution in [0.5, 0.6) is 11.5 Å². The summed E-state index contributed by atoms with van der Waals surface area (Å²) in [6.45, 7) is 2.06. The normalized spacial score (nSPS) is 9.82. The Kier molecular flexibility index (Phi) is 5.33. The van der Waals surface area contributed by atoms with E-state index in [1.165, 1.54) is 0 Å². The van der Waals surface area contributed by atoms with Gasteiger partial charge in [-0.2, -0.15) is 0 Å². The molecule has 1 N–H and O–H groups in total. The van der Waals surface area contributed by atoms with Crippen molar-refractivity contribution in [2.75, 3.05) is 19.5 Å². The molecule has 0 heterocycles. The zero-order valence-electron chi connectivity index (χ0n) is 10.6. The Labute approximate surface area is 102 Å². The van der Waals surface area contributed by atoms with Crippen molar-refractivity contribution < 1.29 is 14.3 Å². The molecule has 1 amide bonds. The number of benzene rings is 1. The van der Waals surface area contributed by atoms with Crippen molar-refractivity contribution in [3.63, 3.8) is 0 Å². The van der Waals surface area contributed by atoms with Crippen LogP contribution in [0.4, 0.5) is 5.69 Å². The van der Waals surface area contributed by atoms with E-state index in [0.29, 0.717) is 17.9 Å². The number of carbonyl (C=O) groups is 1. The topological polar surface area (TPSA) is 47.6 Å². The standard InChI is InChI=1S/C13H19NO3/c1-4-5-6-13(15)14-10-7-8-11(16-2)12(9-10)17-3/h7-9H,4-6H2,1-3H3,(H,14,15). The Morgan fingerprint density at radius 3 is 2.53 bits per heavy atom. The summed E-state index contributed by atoms with van der Waals surface area (Å²) in [5, 5.41) is 2.83. The maximum atomic E-state index is 11.5. The third-order valence-corrected chi connectivity index (χ3v) is 2.42.